The minimum atomic E-state index is -0.0662. The van der Waals surface area contributed by atoms with Crippen LogP contribution in [-0.4, -0.2) is 47.2 Å². The lowest BCUT2D eigenvalue weighted by atomic mass is 9.97. The maximum Gasteiger partial charge on any atom is 0.241 e. The van der Waals surface area contributed by atoms with Gasteiger partial charge in [0.25, 0.3) is 0 Å². The smallest absolute Gasteiger partial charge is 0.241 e. The molecule has 1 aliphatic rings. The van der Waals surface area contributed by atoms with Crippen LogP contribution in [-0.2, 0) is 11.3 Å². The summed E-state index contributed by atoms with van der Waals surface area (Å²) < 4.78 is 11.1. The van der Waals surface area contributed by atoms with Gasteiger partial charge in [-0.1, -0.05) is 58.7 Å². The fourth-order valence-electron chi connectivity index (χ4n) is 3.78. The van der Waals surface area contributed by atoms with Crippen molar-refractivity contribution in [3.05, 3.63) is 65.0 Å². The van der Waals surface area contributed by atoms with Gasteiger partial charge in [0.1, 0.15) is 12.4 Å². The first-order chi connectivity index (χ1) is 15.6. The lowest BCUT2D eigenvalue weighted by Crippen LogP contribution is -2.43. The van der Waals surface area contributed by atoms with Gasteiger partial charge in [-0.2, -0.15) is 4.98 Å². The summed E-state index contributed by atoms with van der Waals surface area (Å²) in [7, 11) is 0. The quantitative estimate of drug-likeness (QED) is 0.516. The molecule has 7 nitrogen and oxygen atoms in total. The summed E-state index contributed by atoms with van der Waals surface area (Å²) in [5, 5.41) is 7.64. The predicted molar refractivity (Wildman–Crippen MR) is 122 cm³/mol. The Bertz CT molecular complexity index is 1040. The zero-order valence-corrected chi connectivity index (χ0v) is 18.8. The number of carbonyl (C=O) groups excluding carboxylic acids is 1. The molecule has 8 heteroatoms. The number of para-hydroxylation sites is 1. The summed E-state index contributed by atoms with van der Waals surface area (Å²) in [4.78, 5) is 19.3. The molecule has 0 saturated carbocycles. The maximum absolute atomic E-state index is 12.6. The predicted octanol–water partition coefficient (Wildman–Crippen LogP) is 4.11. The molecule has 1 N–H and O–H groups in total. The van der Waals surface area contributed by atoms with Crippen molar-refractivity contribution in [2.24, 2.45) is 5.92 Å². The molecule has 4 rings (SSSR count). The van der Waals surface area contributed by atoms with Crippen LogP contribution >= 0.6 is 11.6 Å². The number of nitrogens with one attached hydrogen (secondary N) is 1. The first-order valence-corrected chi connectivity index (χ1v) is 11.2. The molecule has 32 heavy (non-hydrogen) atoms. The third kappa shape index (κ3) is 5.87. The third-order valence-electron chi connectivity index (χ3n) is 5.51. The molecule has 1 aromatic heterocycles. The zero-order valence-electron chi connectivity index (χ0n) is 18.1. The summed E-state index contributed by atoms with van der Waals surface area (Å²) in [6.45, 7) is 4.96. The van der Waals surface area contributed by atoms with Crippen LogP contribution in [0.4, 0.5) is 0 Å². The molecule has 0 bridgehead atoms. The van der Waals surface area contributed by atoms with E-state index in [4.69, 9.17) is 20.9 Å². The number of halogens is 1. The van der Waals surface area contributed by atoms with Gasteiger partial charge < -0.3 is 14.6 Å². The Morgan fingerprint density at radius 3 is 2.88 bits per heavy atom. The summed E-state index contributed by atoms with van der Waals surface area (Å²) >= 11 is 6.08. The maximum atomic E-state index is 12.6. The minimum Gasteiger partial charge on any atom is -0.490 e. The van der Waals surface area contributed by atoms with Crippen molar-refractivity contribution in [2.45, 2.75) is 26.3 Å². The number of piperidine rings is 1. The molecule has 1 atom stereocenters. The topological polar surface area (TPSA) is 80.5 Å². The van der Waals surface area contributed by atoms with E-state index in [1.807, 2.05) is 49.4 Å². The van der Waals surface area contributed by atoms with Gasteiger partial charge >= 0.3 is 0 Å². The van der Waals surface area contributed by atoms with E-state index in [-0.39, 0.29) is 11.8 Å². The largest absolute Gasteiger partial charge is 0.490 e. The number of carbonyl (C=O) groups is 1. The number of amides is 1. The van der Waals surface area contributed by atoms with E-state index in [9.17, 15) is 4.79 Å². The summed E-state index contributed by atoms with van der Waals surface area (Å²) in [5.41, 5.74) is 2.12. The molecular formula is C24H27ClN4O3. The Kier molecular flexibility index (Phi) is 7.39. The van der Waals surface area contributed by atoms with Crippen LogP contribution in [0.5, 0.6) is 5.75 Å². The highest BCUT2D eigenvalue weighted by molar-refractivity contribution is 6.32. The Balaban J connectivity index is 1.24. The molecule has 2 aromatic carbocycles. The molecule has 0 aliphatic carbocycles. The highest BCUT2D eigenvalue weighted by Crippen LogP contribution is 2.23. The van der Waals surface area contributed by atoms with Crippen molar-refractivity contribution in [1.82, 2.24) is 20.4 Å². The van der Waals surface area contributed by atoms with Crippen LogP contribution < -0.4 is 10.1 Å². The van der Waals surface area contributed by atoms with Gasteiger partial charge in [-0.25, -0.2) is 0 Å². The number of hydrogen-bond donors (Lipinski definition) is 1. The van der Waals surface area contributed by atoms with E-state index in [1.54, 1.807) is 6.07 Å². The van der Waals surface area contributed by atoms with E-state index < -0.39 is 0 Å². The van der Waals surface area contributed by atoms with Gasteiger partial charge in [0.15, 0.2) is 0 Å². The van der Waals surface area contributed by atoms with Crippen molar-refractivity contribution in [1.29, 1.82) is 0 Å². The average molecular weight is 455 g/mol. The molecule has 0 radical (unpaired) electrons. The van der Waals surface area contributed by atoms with Crippen LogP contribution in [0, 0.1) is 12.8 Å². The van der Waals surface area contributed by atoms with Crippen molar-refractivity contribution < 1.29 is 14.1 Å². The standard InChI is InChI=1S/C24H27ClN4O3/c1-17-8-10-18(11-9-17)23-27-22(32-28-23)16-29-13-4-5-19(15-29)24(30)26-12-14-31-21-7-3-2-6-20(21)25/h2-3,6-11,19H,4-5,12-16H2,1H3,(H,26,30). The van der Waals surface area contributed by atoms with Crippen LogP contribution in [0.15, 0.2) is 53.1 Å². The van der Waals surface area contributed by atoms with Gasteiger partial charge in [0, 0.05) is 12.1 Å². The number of ether oxygens (including phenoxy) is 1. The second-order valence-corrected chi connectivity index (χ2v) is 8.43. The molecule has 1 amide bonds. The van der Waals surface area contributed by atoms with Crippen LogP contribution in [0.25, 0.3) is 11.4 Å². The van der Waals surface area contributed by atoms with E-state index in [0.29, 0.717) is 48.7 Å². The number of nitrogens with zero attached hydrogens (tertiary/aromatic N) is 3. The summed E-state index contributed by atoms with van der Waals surface area (Å²) in [6.07, 6.45) is 1.82. The van der Waals surface area contributed by atoms with Gasteiger partial charge in [-0.05, 0) is 38.4 Å². The van der Waals surface area contributed by atoms with Crippen LogP contribution in [0.2, 0.25) is 5.02 Å². The molecule has 1 saturated heterocycles. The number of aromatic nitrogens is 2. The van der Waals surface area contributed by atoms with Crippen molar-refractivity contribution in [2.75, 3.05) is 26.2 Å². The second-order valence-electron chi connectivity index (χ2n) is 8.02. The van der Waals surface area contributed by atoms with E-state index in [0.717, 1.165) is 24.9 Å². The first kappa shape index (κ1) is 22.3. The van der Waals surface area contributed by atoms with E-state index >= 15 is 0 Å². The van der Waals surface area contributed by atoms with Crippen LogP contribution in [0.3, 0.4) is 0 Å². The lowest BCUT2D eigenvalue weighted by molar-refractivity contribution is -0.126. The monoisotopic (exact) mass is 454 g/mol. The molecule has 168 valence electrons. The molecule has 1 unspecified atom stereocenters. The summed E-state index contributed by atoms with van der Waals surface area (Å²) in [5.74, 6) is 1.75. The Hall–Kier alpha value is -2.90. The highest BCUT2D eigenvalue weighted by atomic mass is 35.5. The van der Waals surface area contributed by atoms with Gasteiger partial charge in [-0.15, -0.1) is 0 Å². The van der Waals surface area contributed by atoms with Crippen molar-refractivity contribution in [3.63, 3.8) is 0 Å². The highest BCUT2D eigenvalue weighted by Gasteiger charge is 2.26. The van der Waals surface area contributed by atoms with Gasteiger partial charge in [0.05, 0.1) is 24.0 Å². The number of likely N-dealkylation sites (tertiary alicyclic amines) is 1. The van der Waals surface area contributed by atoms with E-state index in [2.05, 4.69) is 20.4 Å². The molecule has 0 spiro atoms. The normalized spacial score (nSPS) is 16.6. The fraction of sp³-hybridized carbons (Fsp3) is 0.375. The zero-order chi connectivity index (χ0) is 22.3. The Morgan fingerprint density at radius 1 is 1.25 bits per heavy atom. The second kappa shape index (κ2) is 10.6. The first-order valence-electron chi connectivity index (χ1n) is 10.9. The fourth-order valence-corrected chi connectivity index (χ4v) is 3.98. The Labute approximate surface area is 192 Å². The van der Waals surface area contributed by atoms with Crippen molar-refractivity contribution in [3.8, 4) is 17.1 Å². The molecule has 2 heterocycles. The average Bonchev–Trinajstić information content (AvgIpc) is 3.26. The van der Waals surface area contributed by atoms with Crippen molar-refractivity contribution >= 4 is 17.5 Å². The Morgan fingerprint density at radius 2 is 2.06 bits per heavy atom. The number of hydrogen-bond acceptors (Lipinski definition) is 6. The van der Waals surface area contributed by atoms with Crippen LogP contribution in [0.1, 0.15) is 24.3 Å². The molecule has 1 aliphatic heterocycles. The lowest BCUT2D eigenvalue weighted by Gasteiger charge is -2.30. The van der Waals surface area contributed by atoms with E-state index in [1.165, 1.54) is 5.56 Å². The van der Waals surface area contributed by atoms with Gasteiger partial charge in [0.2, 0.25) is 17.6 Å². The molecular weight excluding hydrogens is 428 g/mol. The number of aryl methyl sites for hydroxylation is 1. The number of benzene rings is 2. The molecule has 3 aromatic rings. The summed E-state index contributed by atoms with van der Waals surface area (Å²) in [6, 6.07) is 15.3. The number of rotatable bonds is 8. The SMILES string of the molecule is Cc1ccc(-c2noc(CN3CCCC(C(=O)NCCOc4ccccc4Cl)C3)n2)cc1. The van der Waals surface area contributed by atoms with Gasteiger partial charge in [-0.3, -0.25) is 9.69 Å². The third-order valence-corrected chi connectivity index (χ3v) is 5.82. The minimum absolute atomic E-state index is 0.0448. The molecule has 1 fully saturated rings.